The highest BCUT2D eigenvalue weighted by Crippen LogP contribution is 2.25. The molecule has 156 valence electrons. The quantitative estimate of drug-likeness (QED) is 0.776. The standard InChI is InChI=1S/C22H36N4O2/c1-4-10-20(26-18(3)15-17(2)23-26)22(28)25-14-9-11-19(16-25)21(27)24-12-7-5-6-8-13-24/h15,19-20H,4-14,16H2,1-3H3. The highest BCUT2D eigenvalue weighted by atomic mass is 16.2. The molecule has 28 heavy (non-hydrogen) atoms. The van der Waals surface area contributed by atoms with Crippen molar-refractivity contribution in [1.29, 1.82) is 0 Å². The first-order valence-electron chi connectivity index (χ1n) is 11.1. The van der Waals surface area contributed by atoms with Gasteiger partial charge in [-0.1, -0.05) is 26.2 Å². The third-order valence-electron chi connectivity index (χ3n) is 6.19. The number of rotatable bonds is 5. The van der Waals surface area contributed by atoms with Crippen LogP contribution in [0.5, 0.6) is 0 Å². The van der Waals surface area contributed by atoms with Gasteiger partial charge < -0.3 is 9.80 Å². The molecule has 0 aromatic carbocycles. The Labute approximate surface area is 169 Å². The molecule has 3 heterocycles. The summed E-state index contributed by atoms with van der Waals surface area (Å²) < 4.78 is 1.89. The van der Waals surface area contributed by atoms with Gasteiger partial charge in [-0.25, -0.2) is 0 Å². The number of hydrogen-bond acceptors (Lipinski definition) is 3. The first kappa shape index (κ1) is 20.9. The van der Waals surface area contributed by atoms with Crippen LogP contribution < -0.4 is 0 Å². The molecule has 2 aliphatic rings. The highest BCUT2D eigenvalue weighted by Gasteiger charge is 2.34. The molecule has 3 rings (SSSR count). The van der Waals surface area contributed by atoms with E-state index in [4.69, 9.17) is 0 Å². The van der Waals surface area contributed by atoms with Gasteiger partial charge in [-0.15, -0.1) is 0 Å². The Balaban J connectivity index is 1.70. The van der Waals surface area contributed by atoms with Crippen LogP contribution in [0.25, 0.3) is 0 Å². The zero-order valence-electron chi connectivity index (χ0n) is 17.8. The van der Waals surface area contributed by atoms with Gasteiger partial charge in [0.2, 0.25) is 11.8 Å². The summed E-state index contributed by atoms with van der Waals surface area (Å²) in [6.07, 6.45) is 8.18. The summed E-state index contributed by atoms with van der Waals surface area (Å²) >= 11 is 0. The lowest BCUT2D eigenvalue weighted by Crippen LogP contribution is -2.48. The van der Waals surface area contributed by atoms with Gasteiger partial charge in [0.05, 0.1) is 11.6 Å². The first-order valence-corrected chi connectivity index (χ1v) is 11.1. The maximum Gasteiger partial charge on any atom is 0.247 e. The van der Waals surface area contributed by atoms with E-state index in [-0.39, 0.29) is 23.8 Å². The molecule has 2 amide bonds. The number of piperidine rings is 1. The molecule has 2 aliphatic heterocycles. The maximum absolute atomic E-state index is 13.4. The topological polar surface area (TPSA) is 58.4 Å². The number of nitrogens with zero attached hydrogens (tertiary/aromatic N) is 4. The lowest BCUT2D eigenvalue weighted by Gasteiger charge is -2.36. The zero-order valence-corrected chi connectivity index (χ0v) is 17.8. The van der Waals surface area contributed by atoms with Crippen molar-refractivity contribution in [2.24, 2.45) is 5.92 Å². The number of carbonyl (C=O) groups excluding carboxylic acids is 2. The summed E-state index contributed by atoms with van der Waals surface area (Å²) in [7, 11) is 0. The molecule has 2 atom stereocenters. The number of aromatic nitrogens is 2. The second kappa shape index (κ2) is 9.57. The molecule has 0 N–H and O–H groups in total. The predicted molar refractivity (Wildman–Crippen MR) is 110 cm³/mol. The molecule has 2 fully saturated rings. The van der Waals surface area contributed by atoms with Crippen molar-refractivity contribution in [2.45, 2.75) is 78.2 Å². The van der Waals surface area contributed by atoms with E-state index in [0.717, 1.165) is 69.5 Å². The Morgan fingerprint density at radius 1 is 1.07 bits per heavy atom. The lowest BCUT2D eigenvalue weighted by molar-refractivity contribution is -0.142. The monoisotopic (exact) mass is 388 g/mol. The molecule has 6 heteroatoms. The minimum absolute atomic E-state index is 0.0430. The predicted octanol–water partition coefficient (Wildman–Crippen LogP) is 3.48. The van der Waals surface area contributed by atoms with Crippen LogP contribution in [0.15, 0.2) is 6.07 Å². The van der Waals surface area contributed by atoms with E-state index in [2.05, 4.69) is 16.9 Å². The molecule has 0 aliphatic carbocycles. The van der Waals surface area contributed by atoms with Gasteiger partial charge in [-0.05, 0) is 52.0 Å². The number of amides is 2. The van der Waals surface area contributed by atoms with Crippen LogP contribution in [-0.4, -0.2) is 57.6 Å². The van der Waals surface area contributed by atoms with Crippen LogP contribution in [-0.2, 0) is 9.59 Å². The van der Waals surface area contributed by atoms with Crippen molar-refractivity contribution < 1.29 is 9.59 Å². The SMILES string of the molecule is CCCC(C(=O)N1CCCC(C(=O)N2CCCCCC2)C1)n1nc(C)cc1C. The molecule has 0 saturated carbocycles. The first-order chi connectivity index (χ1) is 13.5. The summed E-state index contributed by atoms with van der Waals surface area (Å²) in [6.45, 7) is 9.16. The molecule has 1 aromatic rings. The molecule has 0 bridgehead atoms. The summed E-state index contributed by atoms with van der Waals surface area (Å²) in [5.74, 6) is 0.345. The molecule has 0 radical (unpaired) electrons. The molecular weight excluding hydrogens is 352 g/mol. The Hall–Kier alpha value is -1.85. The fourth-order valence-electron chi connectivity index (χ4n) is 4.72. The highest BCUT2D eigenvalue weighted by molar-refractivity contribution is 5.83. The van der Waals surface area contributed by atoms with Gasteiger partial charge in [0.15, 0.2) is 0 Å². The Kier molecular flexibility index (Phi) is 7.13. The molecule has 2 unspecified atom stereocenters. The summed E-state index contributed by atoms with van der Waals surface area (Å²) in [5.41, 5.74) is 1.97. The zero-order chi connectivity index (χ0) is 20.1. The summed E-state index contributed by atoms with van der Waals surface area (Å²) in [6, 6.07) is 1.77. The van der Waals surface area contributed by atoms with Crippen molar-refractivity contribution in [3.63, 3.8) is 0 Å². The number of aryl methyl sites for hydroxylation is 2. The fraction of sp³-hybridized carbons (Fsp3) is 0.773. The van der Waals surface area contributed by atoms with Crippen LogP contribution in [0.1, 0.15) is 75.7 Å². The molecule has 0 spiro atoms. The van der Waals surface area contributed by atoms with Gasteiger partial charge in [0.25, 0.3) is 0 Å². The minimum Gasteiger partial charge on any atom is -0.342 e. The second-order valence-corrected chi connectivity index (χ2v) is 8.54. The van der Waals surface area contributed by atoms with Crippen LogP contribution in [0, 0.1) is 19.8 Å². The maximum atomic E-state index is 13.4. The number of likely N-dealkylation sites (tertiary alicyclic amines) is 2. The van der Waals surface area contributed by atoms with Gasteiger partial charge in [-0.3, -0.25) is 14.3 Å². The largest absolute Gasteiger partial charge is 0.342 e. The smallest absolute Gasteiger partial charge is 0.247 e. The molecular formula is C22H36N4O2. The van der Waals surface area contributed by atoms with Gasteiger partial charge in [-0.2, -0.15) is 5.10 Å². The van der Waals surface area contributed by atoms with Crippen LogP contribution in [0.2, 0.25) is 0 Å². The van der Waals surface area contributed by atoms with Crippen LogP contribution in [0.3, 0.4) is 0 Å². The minimum atomic E-state index is -0.259. The van der Waals surface area contributed by atoms with E-state index in [1.54, 1.807) is 0 Å². The van der Waals surface area contributed by atoms with Crippen molar-refractivity contribution in [3.8, 4) is 0 Å². The van der Waals surface area contributed by atoms with E-state index in [9.17, 15) is 9.59 Å². The molecule has 6 nitrogen and oxygen atoms in total. The van der Waals surface area contributed by atoms with Crippen molar-refractivity contribution in [2.75, 3.05) is 26.2 Å². The second-order valence-electron chi connectivity index (χ2n) is 8.54. The van der Waals surface area contributed by atoms with Crippen LogP contribution in [0.4, 0.5) is 0 Å². The fourth-order valence-corrected chi connectivity index (χ4v) is 4.72. The average molecular weight is 389 g/mol. The van der Waals surface area contributed by atoms with Gasteiger partial charge >= 0.3 is 0 Å². The van der Waals surface area contributed by atoms with E-state index in [1.165, 1.54) is 12.8 Å². The summed E-state index contributed by atoms with van der Waals surface area (Å²) in [5, 5.41) is 4.58. The lowest BCUT2D eigenvalue weighted by atomic mass is 9.95. The summed E-state index contributed by atoms with van der Waals surface area (Å²) in [4.78, 5) is 30.4. The van der Waals surface area contributed by atoms with Gasteiger partial charge in [0, 0.05) is 31.9 Å². The Morgan fingerprint density at radius 2 is 1.75 bits per heavy atom. The molecule has 2 saturated heterocycles. The van der Waals surface area contributed by atoms with Crippen LogP contribution >= 0.6 is 0 Å². The van der Waals surface area contributed by atoms with Gasteiger partial charge in [0.1, 0.15) is 6.04 Å². The van der Waals surface area contributed by atoms with E-state index >= 15 is 0 Å². The normalized spacial score (nSPS) is 22.0. The third kappa shape index (κ3) is 4.76. The van der Waals surface area contributed by atoms with Crippen molar-refractivity contribution in [1.82, 2.24) is 19.6 Å². The van der Waals surface area contributed by atoms with Crippen molar-refractivity contribution in [3.05, 3.63) is 17.5 Å². The molecule has 1 aromatic heterocycles. The number of carbonyl (C=O) groups is 2. The van der Waals surface area contributed by atoms with E-state index < -0.39 is 0 Å². The Morgan fingerprint density at radius 3 is 2.36 bits per heavy atom. The number of hydrogen-bond donors (Lipinski definition) is 0. The average Bonchev–Trinajstić information content (AvgIpc) is 2.89. The third-order valence-corrected chi connectivity index (χ3v) is 6.19. The van der Waals surface area contributed by atoms with Crippen molar-refractivity contribution >= 4 is 11.8 Å². The Bertz CT molecular complexity index is 676. The van der Waals surface area contributed by atoms with E-state index in [1.807, 2.05) is 29.5 Å². The van der Waals surface area contributed by atoms with E-state index in [0.29, 0.717) is 6.54 Å².